The molecule has 0 amide bonds. The van der Waals surface area contributed by atoms with Crippen LogP contribution in [0.15, 0.2) is 48.8 Å². The number of nitrogens with one attached hydrogen (secondary N) is 1. The fourth-order valence-electron chi connectivity index (χ4n) is 4.07. The highest BCUT2D eigenvalue weighted by Crippen LogP contribution is 2.36. The van der Waals surface area contributed by atoms with E-state index >= 15 is 0 Å². The Balaban J connectivity index is 1.52. The Morgan fingerprint density at radius 3 is 2.62 bits per heavy atom. The second-order valence-corrected chi connectivity index (χ2v) is 8.69. The quantitative estimate of drug-likeness (QED) is 0.447. The molecular formula is C24H23ClFN7O. The lowest BCUT2D eigenvalue weighted by Gasteiger charge is -2.29. The van der Waals surface area contributed by atoms with Crippen LogP contribution in [0, 0.1) is 12.7 Å². The number of aromatic nitrogens is 5. The van der Waals surface area contributed by atoms with Gasteiger partial charge in [-0.3, -0.25) is 0 Å². The minimum absolute atomic E-state index is 0.0716. The topological polar surface area (TPSA) is 81.0 Å². The Morgan fingerprint density at radius 1 is 1.15 bits per heavy atom. The van der Waals surface area contributed by atoms with E-state index in [0.29, 0.717) is 41.4 Å². The number of anilines is 3. The number of fused-ring (bicyclic) bond motifs is 1. The first kappa shape index (κ1) is 22.2. The number of aryl methyl sites for hydroxylation is 1. The molecule has 0 saturated carbocycles. The molecule has 10 heteroatoms. The van der Waals surface area contributed by atoms with E-state index in [1.165, 1.54) is 17.1 Å². The fourth-order valence-corrected chi connectivity index (χ4v) is 4.20. The van der Waals surface area contributed by atoms with Crippen molar-refractivity contribution < 1.29 is 9.13 Å². The zero-order valence-corrected chi connectivity index (χ0v) is 19.7. The Labute approximate surface area is 201 Å². The van der Waals surface area contributed by atoms with Crippen LogP contribution in [0.25, 0.3) is 5.69 Å². The maximum Gasteiger partial charge on any atom is 0.229 e. The van der Waals surface area contributed by atoms with Crippen LogP contribution in [0.5, 0.6) is 0 Å². The lowest BCUT2D eigenvalue weighted by atomic mass is 9.91. The molecule has 1 aliphatic rings. The van der Waals surface area contributed by atoms with Gasteiger partial charge in [-0.1, -0.05) is 23.7 Å². The van der Waals surface area contributed by atoms with E-state index in [1.807, 2.05) is 43.3 Å². The second kappa shape index (κ2) is 9.00. The van der Waals surface area contributed by atoms with Crippen molar-refractivity contribution in [1.29, 1.82) is 0 Å². The fraction of sp³-hybridized carbons (Fsp3) is 0.250. The zero-order valence-electron chi connectivity index (χ0n) is 19.0. The predicted molar refractivity (Wildman–Crippen MR) is 129 cm³/mol. The van der Waals surface area contributed by atoms with Gasteiger partial charge in [0.1, 0.15) is 23.7 Å². The molecule has 0 bridgehead atoms. The Morgan fingerprint density at radius 2 is 1.94 bits per heavy atom. The minimum Gasteiger partial charge on any atom is -0.376 e. The van der Waals surface area contributed by atoms with E-state index in [9.17, 15) is 4.39 Å². The maximum atomic E-state index is 14.9. The lowest BCUT2D eigenvalue weighted by Crippen LogP contribution is -2.25. The number of nitrogens with zero attached hydrogens (tertiary/aromatic N) is 6. The summed E-state index contributed by atoms with van der Waals surface area (Å²) in [5.41, 5.74) is 3.72. The van der Waals surface area contributed by atoms with Crippen molar-refractivity contribution >= 4 is 29.1 Å². The average Bonchev–Trinajstić information content (AvgIpc) is 3.24. The summed E-state index contributed by atoms with van der Waals surface area (Å²) in [7, 11) is 3.85. The van der Waals surface area contributed by atoms with E-state index in [4.69, 9.17) is 26.3 Å². The van der Waals surface area contributed by atoms with Gasteiger partial charge in [-0.25, -0.2) is 19.0 Å². The van der Waals surface area contributed by atoms with Crippen molar-refractivity contribution in [2.45, 2.75) is 19.4 Å². The normalized spacial score (nSPS) is 15.1. The van der Waals surface area contributed by atoms with Crippen LogP contribution < -0.4 is 10.2 Å². The predicted octanol–water partition coefficient (Wildman–Crippen LogP) is 4.63. The molecule has 0 spiro atoms. The van der Waals surface area contributed by atoms with Gasteiger partial charge >= 0.3 is 0 Å². The number of rotatable bonds is 5. The first-order valence-electron chi connectivity index (χ1n) is 10.8. The molecule has 1 unspecified atom stereocenters. The zero-order chi connectivity index (χ0) is 23.8. The van der Waals surface area contributed by atoms with Gasteiger partial charge in [0.15, 0.2) is 5.82 Å². The maximum absolute atomic E-state index is 14.9. The lowest BCUT2D eigenvalue weighted by molar-refractivity contribution is 0.0977. The molecule has 0 aliphatic carbocycles. The first-order valence-corrected chi connectivity index (χ1v) is 11.1. The van der Waals surface area contributed by atoms with E-state index in [-0.39, 0.29) is 5.92 Å². The van der Waals surface area contributed by atoms with Crippen LogP contribution in [0.1, 0.15) is 28.6 Å². The largest absolute Gasteiger partial charge is 0.376 e. The first-order chi connectivity index (χ1) is 16.4. The molecule has 1 N–H and O–H groups in total. The highest BCUT2D eigenvalue weighted by atomic mass is 35.5. The van der Waals surface area contributed by atoms with Crippen molar-refractivity contribution in [2.24, 2.45) is 0 Å². The molecule has 1 aliphatic heterocycles. The number of halogens is 2. The van der Waals surface area contributed by atoms with Crippen LogP contribution in [-0.4, -0.2) is 45.4 Å². The summed E-state index contributed by atoms with van der Waals surface area (Å²) in [5.74, 6) is 1.23. The van der Waals surface area contributed by atoms with Crippen molar-refractivity contribution in [3.05, 3.63) is 82.3 Å². The highest BCUT2D eigenvalue weighted by Gasteiger charge is 2.28. The van der Waals surface area contributed by atoms with E-state index in [1.54, 1.807) is 19.1 Å². The van der Waals surface area contributed by atoms with Crippen molar-refractivity contribution in [3.63, 3.8) is 0 Å². The molecule has 2 aromatic heterocycles. The summed E-state index contributed by atoms with van der Waals surface area (Å²) in [6, 6.07) is 12.5. The van der Waals surface area contributed by atoms with E-state index in [2.05, 4.69) is 15.4 Å². The van der Waals surface area contributed by atoms with Gasteiger partial charge in [0.2, 0.25) is 5.95 Å². The third-order valence-corrected chi connectivity index (χ3v) is 5.98. The SMILES string of the molecule is Cc1ncnn1-c1ccc(Nc2nc3c(c(N(C)C)n2)COCC3c2ccc(Cl)cc2)cc1F. The van der Waals surface area contributed by atoms with Crippen molar-refractivity contribution in [1.82, 2.24) is 24.7 Å². The summed E-state index contributed by atoms with van der Waals surface area (Å²) in [6.45, 7) is 2.69. The second-order valence-electron chi connectivity index (χ2n) is 8.26. The van der Waals surface area contributed by atoms with Crippen LogP contribution in [-0.2, 0) is 11.3 Å². The van der Waals surface area contributed by atoms with Gasteiger partial charge < -0.3 is 15.0 Å². The Kier molecular flexibility index (Phi) is 5.89. The van der Waals surface area contributed by atoms with Crippen molar-refractivity contribution in [2.75, 3.05) is 30.9 Å². The molecule has 0 fully saturated rings. The molecule has 1 atom stereocenters. The molecule has 34 heavy (non-hydrogen) atoms. The Bertz CT molecular complexity index is 1340. The number of benzene rings is 2. The van der Waals surface area contributed by atoms with E-state index in [0.717, 1.165) is 22.6 Å². The summed E-state index contributed by atoms with van der Waals surface area (Å²) in [4.78, 5) is 15.5. The summed E-state index contributed by atoms with van der Waals surface area (Å²) in [6.07, 6.45) is 1.39. The smallest absolute Gasteiger partial charge is 0.229 e. The molecule has 0 radical (unpaired) electrons. The number of hydrogen-bond donors (Lipinski definition) is 1. The third kappa shape index (κ3) is 4.20. The molecule has 174 valence electrons. The highest BCUT2D eigenvalue weighted by molar-refractivity contribution is 6.30. The van der Waals surface area contributed by atoms with Gasteiger partial charge in [0.05, 0.1) is 24.8 Å². The monoisotopic (exact) mass is 479 g/mol. The summed E-state index contributed by atoms with van der Waals surface area (Å²) >= 11 is 6.09. The van der Waals surface area contributed by atoms with Crippen LogP contribution in [0.3, 0.4) is 0 Å². The molecule has 4 aromatic rings. The van der Waals surface area contributed by atoms with Gasteiger partial charge in [-0.05, 0) is 42.8 Å². The third-order valence-electron chi connectivity index (χ3n) is 5.72. The molecule has 8 nitrogen and oxygen atoms in total. The van der Waals surface area contributed by atoms with Gasteiger partial charge in [0.25, 0.3) is 0 Å². The molecule has 5 rings (SSSR count). The van der Waals surface area contributed by atoms with Crippen LogP contribution in [0.4, 0.5) is 21.8 Å². The Hall–Kier alpha value is -3.56. The minimum atomic E-state index is -0.433. The van der Waals surface area contributed by atoms with Gasteiger partial charge in [-0.2, -0.15) is 10.1 Å². The van der Waals surface area contributed by atoms with Gasteiger partial charge in [-0.15, -0.1) is 0 Å². The molecule has 3 heterocycles. The summed E-state index contributed by atoms with van der Waals surface area (Å²) in [5, 5.41) is 7.91. The molecule has 2 aromatic carbocycles. The van der Waals surface area contributed by atoms with Gasteiger partial charge in [0, 0.05) is 30.4 Å². The van der Waals surface area contributed by atoms with Crippen LogP contribution >= 0.6 is 11.6 Å². The number of ether oxygens (including phenoxy) is 1. The number of hydrogen-bond acceptors (Lipinski definition) is 7. The standard InChI is InChI=1S/C24H23ClFN7O/c1-14-27-13-28-33(14)21-9-8-17(10-20(21)26)29-24-30-22-18(15-4-6-16(25)7-5-15)11-34-12-19(22)23(31-24)32(2)3/h4-10,13,18H,11-12H2,1-3H3,(H,29,30,31). The molecule has 0 saturated heterocycles. The average molecular weight is 480 g/mol. The van der Waals surface area contributed by atoms with Crippen molar-refractivity contribution in [3.8, 4) is 5.69 Å². The summed E-state index contributed by atoms with van der Waals surface area (Å²) < 4.78 is 22.2. The van der Waals surface area contributed by atoms with Crippen LogP contribution in [0.2, 0.25) is 5.02 Å². The molecular weight excluding hydrogens is 457 g/mol. The van der Waals surface area contributed by atoms with E-state index < -0.39 is 5.82 Å².